The van der Waals surface area contributed by atoms with Crippen molar-refractivity contribution in [2.45, 2.75) is 34.2 Å². The minimum Gasteiger partial charge on any atom is -0.497 e. The number of ether oxygens (including phenoxy) is 1. The summed E-state index contributed by atoms with van der Waals surface area (Å²) in [5.41, 5.74) is 0.883. The number of anilines is 2. The summed E-state index contributed by atoms with van der Waals surface area (Å²) in [6.45, 7) is 10.1. The zero-order valence-electron chi connectivity index (χ0n) is 17.2. The van der Waals surface area contributed by atoms with Gasteiger partial charge in [-0.15, -0.1) is 0 Å². The number of nitrogens with one attached hydrogen (secondary N) is 1. The molecule has 0 unspecified atom stereocenters. The Kier molecular flexibility index (Phi) is 7.54. The quantitative estimate of drug-likeness (QED) is 0.484. The van der Waals surface area contributed by atoms with E-state index in [-0.39, 0.29) is 11.5 Å². The van der Waals surface area contributed by atoms with Crippen LogP contribution in [0.4, 0.5) is 17.3 Å². The average Bonchev–Trinajstić information content (AvgIpc) is 2.65. The molecule has 1 heterocycles. The number of aromatic nitrogens is 2. The molecule has 0 saturated heterocycles. The highest BCUT2D eigenvalue weighted by molar-refractivity contribution is 5.70. The van der Waals surface area contributed by atoms with Crippen molar-refractivity contribution in [3.63, 3.8) is 0 Å². The molecule has 8 nitrogen and oxygen atoms in total. The molecule has 0 aliphatic heterocycles. The summed E-state index contributed by atoms with van der Waals surface area (Å²) in [5.74, 6) is 2.05. The summed E-state index contributed by atoms with van der Waals surface area (Å²) in [6.07, 6.45) is 1.38. The number of nitrogens with zero attached hydrogens (tertiary/aromatic N) is 4. The van der Waals surface area contributed by atoms with Crippen LogP contribution in [0.1, 0.15) is 33.3 Å². The maximum Gasteiger partial charge on any atom is 0.353 e. The van der Waals surface area contributed by atoms with Crippen molar-refractivity contribution in [3.8, 4) is 5.75 Å². The van der Waals surface area contributed by atoms with Crippen LogP contribution < -0.4 is 15.0 Å². The molecule has 2 rings (SSSR count). The second-order valence-corrected chi connectivity index (χ2v) is 7.55. The van der Waals surface area contributed by atoms with E-state index in [4.69, 9.17) is 4.74 Å². The third-order valence-electron chi connectivity index (χ3n) is 4.08. The highest BCUT2D eigenvalue weighted by Gasteiger charge is 2.27. The van der Waals surface area contributed by atoms with E-state index < -0.39 is 4.92 Å². The predicted molar refractivity (Wildman–Crippen MR) is 111 cm³/mol. The van der Waals surface area contributed by atoms with Crippen molar-refractivity contribution >= 4 is 17.3 Å². The normalized spacial score (nSPS) is 11.0. The molecule has 1 N–H and O–H groups in total. The van der Waals surface area contributed by atoms with Crippen molar-refractivity contribution < 1.29 is 9.66 Å². The largest absolute Gasteiger partial charge is 0.497 e. The van der Waals surface area contributed by atoms with Crippen LogP contribution in [0.5, 0.6) is 5.75 Å². The van der Waals surface area contributed by atoms with Crippen LogP contribution in [0.25, 0.3) is 0 Å². The summed E-state index contributed by atoms with van der Waals surface area (Å²) in [6, 6.07) is 7.51. The fraction of sp³-hybridized carbons (Fsp3) is 0.500. The van der Waals surface area contributed by atoms with Gasteiger partial charge in [-0.25, -0.2) is 9.97 Å². The highest BCUT2D eigenvalue weighted by atomic mass is 16.6. The summed E-state index contributed by atoms with van der Waals surface area (Å²) < 4.78 is 5.15. The van der Waals surface area contributed by atoms with Gasteiger partial charge < -0.3 is 15.0 Å². The standard InChI is InChI=1S/C20H29N5O3/c1-14(2)11-24(12-15(3)4)20-18(25(26)27)19(22-13-23-20)21-10-16-6-8-17(28-5)9-7-16/h6-9,13-15H,10-12H2,1-5H3,(H,21,22,23). The van der Waals surface area contributed by atoms with E-state index in [1.807, 2.05) is 29.2 Å². The van der Waals surface area contributed by atoms with E-state index >= 15 is 0 Å². The van der Waals surface area contributed by atoms with E-state index in [9.17, 15) is 10.1 Å². The lowest BCUT2D eigenvalue weighted by Gasteiger charge is -2.27. The van der Waals surface area contributed by atoms with Crippen molar-refractivity contribution in [1.82, 2.24) is 9.97 Å². The number of benzene rings is 1. The van der Waals surface area contributed by atoms with E-state index in [2.05, 4.69) is 43.0 Å². The highest BCUT2D eigenvalue weighted by Crippen LogP contribution is 2.33. The Balaban J connectivity index is 2.31. The molecule has 8 heteroatoms. The molecule has 0 amide bonds. The van der Waals surface area contributed by atoms with Crippen LogP contribution in [-0.4, -0.2) is 35.1 Å². The van der Waals surface area contributed by atoms with Crippen LogP contribution in [0, 0.1) is 22.0 Å². The Morgan fingerprint density at radius 1 is 1.11 bits per heavy atom. The van der Waals surface area contributed by atoms with Crippen LogP contribution in [-0.2, 0) is 6.54 Å². The molecule has 0 saturated carbocycles. The van der Waals surface area contributed by atoms with Gasteiger partial charge in [-0.3, -0.25) is 10.1 Å². The third-order valence-corrected chi connectivity index (χ3v) is 4.08. The first-order chi connectivity index (χ1) is 13.3. The molecule has 0 aliphatic rings. The van der Waals surface area contributed by atoms with Crippen LogP contribution in [0.3, 0.4) is 0 Å². The van der Waals surface area contributed by atoms with Gasteiger partial charge in [-0.1, -0.05) is 39.8 Å². The molecular weight excluding hydrogens is 358 g/mol. The number of rotatable bonds is 10. The summed E-state index contributed by atoms with van der Waals surface area (Å²) >= 11 is 0. The van der Waals surface area contributed by atoms with Crippen molar-refractivity contribution in [1.29, 1.82) is 0 Å². The van der Waals surface area contributed by atoms with Crippen LogP contribution >= 0.6 is 0 Å². The van der Waals surface area contributed by atoms with E-state index in [1.54, 1.807) is 7.11 Å². The first-order valence-electron chi connectivity index (χ1n) is 9.43. The lowest BCUT2D eigenvalue weighted by molar-refractivity contribution is -0.383. The molecule has 0 spiro atoms. The molecule has 0 atom stereocenters. The van der Waals surface area contributed by atoms with Crippen LogP contribution in [0.15, 0.2) is 30.6 Å². The zero-order valence-corrected chi connectivity index (χ0v) is 17.2. The Bertz CT molecular complexity index is 768. The van der Waals surface area contributed by atoms with E-state index in [0.29, 0.717) is 37.3 Å². The second kappa shape index (κ2) is 9.87. The fourth-order valence-corrected chi connectivity index (χ4v) is 2.96. The molecule has 2 aromatic rings. The van der Waals surface area contributed by atoms with Gasteiger partial charge in [-0.05, 0) is 29.5 Å². The molecule has 1 aromatic heterocycles. The number of hydrogen-bond donors (Lipinski definition) is 1. The van der Waals surface area contributed by atoms with E-state index in [0.717, 1.165) is 11.3 Å². The van der Waals surface area contributed by atoms with Crippen molar-refractivity contribution in [2.75, 3.05) is 30.4 Å². The average molecular weight is 387 g/mol. The van der Waals surface area contributed by atoms with Gasteiger partial charge in [0.25, 0.3) is 0 Å². The lowest BCUT2D eigenvalue weighted by Crippen LogP contribution is -2.32. The molecule has 0 fully saturated rings. The molecule has 28 heavy (non-hydrogen) atoms. The molecule has 152 valence electrons. The smallest absolute Gasteiger partial charge is 0.353 e. The van der Waals surface area contributed by atoms with Crippen molar-refractivity contribution in [2.24, 2.45) is 11.8 Å². The Hall–Kier alpha value is -2.90. The molecule has 1 aromatic carbocycles. The lowest BCUT2D eigenvalue weighted by atomic mass is 10.1. The van der Waals surface area contributed by atoms with Gasteiger partial charge in [0.15, 0.2) is 0 Å². The van der Waals surface area contributed by atoms with Gasteiger partial charge in [0.05, 0.1) is 12.0 Å². The first-order valence-corrected chi connectivity index (χ1v) is 9.43. The Morgan fingerprint density at radius 2 is 1.71 bits per heavy atom. The molecule has 0 radical (unpaired) electrons. The third kappa shape index (κ3) is 5.80. The van der Waals surface area contributed by atoms with Gasteiger partial charge in [0, 0.05) is 19.6 Å². The maximum absolute atomic E-state index is 11.9. The van der Waals surface area contributed by atoms with Gasteiger partial charge in [-0.2, -0.15) is 0 Å². The van der Waals surface area contributed by atoms with Crippen molar-refractivity contribution in [3.05, 3.63) is 46.3 Å². The molecule has 0 bridgehead atoms. The van der Waals surface area contributed by atoms with Gasteiger partial charge >= 0.3 is 5.69 Å². The number of methoxy groups -OCH3 is 1. The summed E-state index contributed by atoms with van der Waals surface area (Å²) in [7, 11) is 1.61. The van der Waals surface area contributed by atoms with Crippen LogP contribution in [0.2, 0.25) is 0 Å². The topological polar surface area (TPSA) is 93.4 Å². The number of hydrogen-bond acceptors (Lipinski definition) is 7. The van der Waals surface area contributed by atoms with E-state index in [1.165, 1.54) is 6.33 Å². The first kappa shape index (κ1) is 21.4. The Labute approximate surface area is 166 Å². The second-order valence-electron chi connectivity index (χ2n) is 7.55. The number of nitro groups is 1. The monoisotopic (exact) mass is 387 g/mol. The molecular formula is C20H29N5O3. The maximum atomic E-state index is 11.9. The predicted octanol–water partition coefficient (Wildman–Crippen LogP) is 4.12. The minimum absolute atomic E-state index is 0.0858. The van der Waals surface area contributed by atoms with Gasteiger partial charge in [0.1, 0.15) is 12.1 Å². The summed E-state index contributed by atoms with van der Waals surface area (Å²) in [4.78, 5) is 21.8. The zero-order chi connectivity index (χ0) is 20.7. The fourth-order valence-electron chi connectivity index (χ4n) is 2.96. The Morgan fingerprint density at radius 3 is 2.21 bits per heavy atom. The SMILES string of the molecule is COc1ccc(CNc2ncnc(N(CC(C)C)CC(C)C)c2[N+](=O)[O-])cc1. The van der Waals surface area contributed by atoms with Gasteiger partial charge in [0.2, 0.25) is 11.6 Å². The molecule has 0 aliphatic carbocycles. The minimum atomic E-state index is -0.403. The summed E-state index contributed by atoms with van der Waals surface area (Å²) in [5, 5.41) is 14.9.